The summed E-state index contributed by atoms with van der Waals surface area (Å²) in [6, 6.07) is 9.93. The van der Waals surface area contributed by atoms with E-state index in [2.05, 4.69) is 4.74 Å². The third-order valence-electron chi connectivity index (χ3n) is 2.57. The molecule has 0 aliphatic rings. The molecule has 0 heterocycles. The van der Waals surface area contributed by atoms with E-state index < -0.39 is 12.1 Å². The first-order valence-electron chi connectivity index (χ1n) is 5.55. The van der Waals surface area contributed by atoms with Crippen LogP contribution in [0.25, 0.3) is 11.1 Å². The van der Waals surface area contributed by atoms with Crippen LogP contribution < -0.4 is 4.74 Å². The summed E-state index contributed by atoms with van der Waals surface area (Å²) in [5.41, 5.74) is 0.607. The molecule has 0 radical (unpaired) electrons. The molecular weight excluding hydrogens is 326 g/mol. The molecule has 0 N–H and O–H groups in total. The quantitative estimate of drug-likeness (QED) is 0.734. The van der Waals surface area contributed by atoms with Gasteiger partial charge in [-0.3, -0.25) is 0 Å². The van der Waals surface area contributed by atoms with Crippen LogP contribution in [0, 0.1) is 11.3 Å². The molecule has 0 atom stereocenters. The lowest BCUT2D eigenvalue weighted by atomic mass is 10.0. The maximum Gasteiger partial charge on any atom is 0.573 e. The molecule has 0 spiro atoms. The number of rotatable bonds is 2. The van der Waals surface area contributed by atoms with Crippen molar-refractivity contribution >= 4 is 23.2 Å². The first-order chi connectivity index (χ1) is 9.80. The van der Waals surface area contributed by atoms with Gasteiger partial charge in [-0.2, -0.15) is 5.26 Å². The van der Waals surface area contributed by atoms with Gasteiger partial charge in [-0.05, 0) is 35.9 Å². The molecule has 0 bridgehead atoms. The van der Waals surface area contributed by atoms with Crippen LogP contribution in [-0.2, 0) is 0 Å². The smallest absolute Gasteiger partial charge is 0.405 e. The van der Waals surface area contributed by atoms with E-state index in [1.165, 1.54) is 30.3 Å². The summed E-state index contributed by atoms with van der Waals surface area (Å²) in [6.07, 6.45) is -4.86. The van der Waals surface area contributed by atoms with Crippen molar-refractivity contribution in [3.8, 4) is 22.9 Å². The van der Waals surface area contributed by atoms with Gasteiger partial charge in [0.1, 0.15) is 5.75 Å². The van der Waals surface area contributed by atoms with Crippen LogP contribution in [0.4, 0.5) is 13.2 Å². The standard InChI is InChI=1S/C14H6Cl2F3NO/c15-11-4-2-9(6-12(11)16)10-3-1-8(7-20)5-13(10)21-14(17,18)19/h1-6H. The van der Waals surface area contributed by atoms with Gasteiger partial charge in [0.2, 0.25) is 0 Å². The van der Waals surface area contributed by atoms with E-state index in [1.807, 2.05) is 0 Å². The molecule has 0 aliphatic carbocycles. The minimum absolute atomic E-state index is 0.0538. The number of hydrogen-bond acceptors (Lipinski definition) is 2. The Balaban J connectivity index is 2.56. The van der Waals surface area contributed by atoms with Gasteiger partial charge < -0.3 is 4.74 Å². The van der Waals surface area contributed by atoms with Crippen LogP contribution in [0.3, 0.4) is 0 Å². The summed E-state index contributed by atoms with van der Waals surface area (Å²) in [4.78, 5) is 0. The molecule has 108 valence electrons. The van der Waals surface area contributed by atoms with Crippen molar-refractivity contribution in [1.29, 1.82) is 5.26 Å². The zero-order chi connectivity index (χ0) is 15.6. The molecule has 2 nitrogen and oxygen atoms in total. The fraction of sp³-hybridized carbons (Fsp3) is 0.0714. The van der Waals surface area contributed by atoms with Crippen LogP contribution in [0.2, 0.25) is 10.0 Å². The molecule has 21 heavy (non-hydrogen) atoms. The highest BCUT2D eigenvalue weighted by Crippen LogP contribution is 2.37. The molecule has 0 saturated heterocycles. The Hall–Kier alpha value is -1.90. The van der Waals surface area contributed by atoms with Crippen molar-refractivity contribution in [2.45, 2.75) is 6.36 Å². The molecule has 0 aliphatic heterocycles. The van der Waals surface area contributed by atoms with Crippen molar-refractivity contribution in [3.63, 3.8) is 0 Å². The minimum atomic E-state index is -4.86. The van der Waals surface area contributed by atoms with Gasteiger partial charge in [-0.15, -0.1) is 13.2 Å². The highest BCUT2D eigenvalue weighted by Gasteiger charge is 2.32. The van der Waals surface area contributed by atoms with Crippen LogP contribution in [-0.4, -0.2) is 6.36 Å². The number of hydrogen-bond donors (Lipinski definition) is 0. The molecule has 0 aromatic heterocycles. The number of alkyl halides is 3. The van der Waals surface area contributed by atoms with Gasteiger partial charge in [-0.1, -0.05) is 29.3 Å². The lowest BCUT2D eigenvalue weighted by molar-refractivity contribution is -0.274. The van der Waals surface area contributed by atoms with E-state index in [4.69, 9.17) is 28.5 Å². The largest absolute Gasteiger partial charge is 0.573 e. The molecule has 7 heteroatoms. The van der Waals surface area contributed by atoms with Gasteiger partial charge in [0, 0.05) is 5.56 Å². The average molecular weight is 332 g/mol. The Labute approximate surface area is 128 Å². The second-order valence-electron chi connectivity index (χ2n) is 4.00. The predicted molar refractivity (Wildman–Crippen MR) is 73.3 cm³/mol. The zero-order valence-corrected chi connectivity index (χ0v) is 11.7. The summed E-state index contributed by atoms with van der Waals surface area (Å²) in [5.74, 6) is -0.472. The molecule has 2 aromatic rings. The Morgan fingerprint density at radius 2 is 1.71 bits per heavy atom. The van der Waals surface area contributed by atoms with Crippen molar-refractivity contribution in [2.75, 3.05) is 0 Å². The van der Waals surface area contributed by atoms with Crippen molar-refractivity contribution in [1.82, 2.24) is 0 Å². The molecule has 0 saturated carbocycles. The van der Waals surface area contributed by atoms with Crippen LogP contribution in [0.5, 0.6) is 5.75 Å². The monoisotopic (exact) mass is 331 g/mol. The first kappa shape index (κ1) is 15.5. The van der Waals surface area contributed by atoms with Crippen molar-refractivity contribution < 1.29 is 17.9 Å². The minimum Gasteiger partial charge on any atom is -0.405 e. The Morgan fingerprint density at radius 3 is 2.29 bits per heavy atom. The Bertz CT molecular complexity index is 723. The molecule has 2 rings (SSSR count). The molecule has 0 fully saturated rings. The van der Waals surface area contributed by atoms with Crippen LogP contribution in [0.15, 0.2) is 36.4 Å². The van der Waals surface area contributed by atoms with Gasteiger partial charge in [0.15, 0.2) is 0 Å². The van der Waals surface area contributed by atoms with Gasteiger partial charge >= 0.3 is 6.36 Å². The zero-order valence-electron chi connectivity index (χ0n) is 10.2. The van der Waals surface area contributed by atoms with Crippen molar-refractivity contribution in [3.05, 3.63) is 52.0 Å². The highest BCUT2D eigenvalue weighted by atomic mass is 35.5. The van der Waals surface area contributed by atoms with Crippen LogP contribution in [0.1, 0.15) is 5.56 Å². The van der Waals surface area contributed by atoms with E-state index in [0.29, 0.717) is 5.56 Å². The van der Waals surface area contributed by atoms with Gasteiger partial charge in [0.25, 0.3) is 0 Å². The Morgan fingerprint density at radius 1 is 1.00 bits per heavy atom. The summed E-state index contributed by atoms with van der Waals surface area (Å²) >= 11 is 11.6. The van der Waals surface area contributed by atoms with Crippen LogP contribution >= 0.6 is 23.2 Å². The number of ether oxygens (including phenoxy) is 1. The topological polar surface area (TPSA) is 33.0 Å². The van der Waals surface area contributed by atoms with E-state index in [0.717, 1.165) is 6.07 Å². The molecule has 0 amide bonds. The second-order valence-corrected chi connectivity index (χ2v) is 4.81. The second kappa shape index (κ2) is 5.84. The van der Waals surface area contributed by atoms with E-state index in [1.54, 1.807) is 6.07 Å². The third-order valence-corrected chi connectivity index (χ3v) is 3.31. The first-order valence-corrected chi connectivity index (χ1v) is 6.31. The fourth-order valence-electron chi connectivity index (χ4n) is 1.70. The van der Waals surface area contributed by atoms with Crippen molar-refractivity contribution in [2.24, 2.45) is 0 Å². The SMILES string of the molecule is N#Cc1ccc(-c2ccc(Cl)c(Cl)c2)c(OC(F)(F)F)c1. The summed E-state index contributed by atoms with van der Waals surface area (Å²) in [7, 11) is 0. The maximum atomic E-state index is 12.5. The normalized spacial score (nSPS) is 11.0. The molecule has 2 aromatic carbocycles. The van der Waals surface area contributed by atoms with E-state index >= 15 is 0 Å². The number of halogens is 5. The highest BCUT2D eigenvalue weighted by molar-refractivity contribution is 6.42. The molecule has 0 unspecified atom stereocenters. The lowest BCUT2D eigenvalue weighted by Crippen LogP contribution is -2.17. The summed E-state index contributed by atoms with van der Waals surface area (Å²) < 4.78 is 41.4. The van der Waals surface area contributed by atoms with Gasteiger partial charge in [-0.25, -0.2) is 0 Å². The lowest BCUT2D eigenvalue weighted by Gasteiger charge is -2.14. The Kier molecular flexibility index (Phi) is 4.31. The summed E-state index contributed by atoms with van der Waals surface area (Å²) in [6.45, 7) is 0. The van der Waals surface area contributed by atoms with Gasteiger partial charge in [0.05, 0.1) is 21.7 Å². The third kappa shape index (κ3) is 3.81. The fourth-order valence-corrected chi connectivity index (χ4v) is 2.00. The van der Waals surface area contributed by atoms with E-state index in [9.17, 15) is 13.2 Å². The number of benzene rings is 2. The predicted octanol–water partition coefficient (Wildman–Crippen LogP) is 5.43. The average Bonchev–Trinajstić information content (AvgIpc) is 2.40. The number of nitriles is 1. The summed E-state index contributed by atoms with van der Waals surface area (Å²) in [5, 5.41) is 9.27. The van der Waals surface area contributed by atoms with E-state index in [-0.39, 0.29) is 21.2 Å². The molecular formula is C14H6Cl2F3NO. The maximum absolute atomic E-state index is 12.5. The number of nitrogens with zero attached hydrogens (tertiary/aromatic N) is 1.